The fraction of sp³-hybridized carbons (Fsp3) is 0.292. The SMILES string of the molecule is CN=C(NCc1ccc(N2CCCC2=O)cc1)NCc1nccn1Cc1ccccc1. The van der Waals surface area contributed by atoms with Gasteiger partial charge in [0.1, 0.15) is 5.82 Å². The zero-order valence-electron chi connectivity index (χ0n) is 17.8. The third-order valence-corrected chi connectivity index (χ3v) is 5.42. The molecule has 0 aliphatic carbocycles. The van der Waals surface area contributed by atoms with Crippen molar-refractivity contribution in [3.05, 3.63) is 83.9 Å². The molecule has 7 heteroatoms. The summed E-state index contributed by atoms with van der Waals surface area (Å²) < 4.78 is 2.13. The number of nitrogens with zero attached hydrogens (tertiary/aromatic N) is 4. The summed E-state index contributed by atoms with van der Waals surface area (Å²) in [7, 11) is 1.76. The maximum absolute atomic E-state index is 11.9. The van der Waals surface area contributed by atoms with Gasteiger partial charge in [0.2, 0.25) is 5.91 Å². The fourth-order valence-electron chi connectivity index (χ4n) is 3.72. The van der Waals surface area contributed by atoms with Crippen LogP contribution in [0.2, 0.25) is 0 Å². The van der Waals surface area contributed by atoms with Gasteiger partial charge in [-0.25, -0.2) is 4.98 Å². The molecular weight excluding hydrogens is 388 g/mol. The van der Waals surface area contributed by atoms with Crippen molar-refractivity contribution in [2.45, 2.75) is 32.5 Å². The second-order valence-electron chi connectivity index (χ2n) is 7.55. The van der Waals surface area contributed by atoms with Crippen molar-refractivity contribution in [1.82, 2.24) is 20.2 Å². The standard InChI is InChI=1S/C24H28N6O/c1-25-24(27-16-19-9-11-21(12-10-19)30-14-5-8-23(30)31)28-17-22-26-13-15-29(22)18-20-6-3-2-4-7-20/h2-4,6-7,9-13,15H,5,8,14,16-18H2,1H3,(H2,25,27,28). The molecule has 1 aliphatic heterocycles. The lowest BCUT2D eigenvalue weighted by Gasteiger charge is -2.16. The van der Waals surface area contributed by atoms with Crippen LogP contribution < -0.4 is 15.5 Å². The van der Waals surface area contributed by atoms with Gasteiger partial charge in [-0.3, -0.25) is 9.79 Å². The average molecular weight is 417 g/mol. The number of hydrogen-bond acceptors (Lipinski definition) is 3. The molecule has 1 amide bonds. The summed E-state index contributed by atoms with van der Waals surface area (Å²) in [6.45, 7) is 2.82. The highest BCUT2D eigenvalue weighted by Crippen LogP contribution is 2.21. The molecule has 160 valence electrons. The summed E-state index contributed by atoms with van der Waals surface area (Å²) in [5.41, 5.74) is 3.34. The first kappa shape index (κ1) is 20.7. The Morgan fingerprint density at radius 2 is 1.81 bits per heavy atom. The number of imidazole rings is 1. The molecule has 2 N–H and O–H groups in total. The maximum Gasteiger partial charge on any atom is 0.227 e. The van der Waals surface area contributed by atoms with Gasteiger partial charge >= 0.3 is 0 Å². The van der Waals surface area contributed by atoms with E-state index < -0.39 is 0 Å². The molecule has 0 saturated carbocycles. The smallest absolute Gasteiger partial charge is 0.227 e. The number of rotatable bonds is 7. The van der Waals surface area contributed by atoms with Crippen molar-refractivity contribution in [1.29, 1.82) is 0 Å². The van der Waals surface area contributed by atoms with Crippen LogP contribution in [0, 0.1) is 0 Å². The van der Waals surface area contributed by atoms with E-state index in [4.69, 9.17) is 0 Å². The van der Waals surface area contributed by atoms with Gasteiger partial charge in [-0.2, -0.15) is 0 Å². The Balaban J connectivity index is 1.29. The number of amides is 1. The highest BCUT2D eigenvalue weighted by atomic mass is 16.2. The normalized spacial score (nSPS) is 14.2. The molecule has 0 unspecified atom stereocenters. The molecule has 0 radical (unpaired) electrons. The van der Waals surface area contributed by atoms with Crippen LogP contribution in [0.25, 0.3) is 0 Å². The van der Waals surface area contributed by atoms with Crippen LogP contribution >= 0.6 is 0 Å². The van der Waals surface area contributed by atoms with E-state index in [1.807, 2.05) is 59.8 Å². The van der Waals surface area contributed by atoms with Crippen LogP contribution in [0.3, 0.4) is 0 Å². The first-order valence-corrected chi connectivity index (χ1v) is 10.6. The Labute approximate surface area is 182 Å². The Morgan fingerprint density at radius 3 is 2.52 bits per heavy atom. The van der Waals surface area contributed by atoms with Crippen molar-refractivity contribution in [2.24, 2.45) is 4.99 Å². The van der Waals surface area contributed by atoms with E-state index in [0.717, 1.165) is 36.6 Å². The highest BCUT2D eigenvalue weighted by Gasteiger charge is 2.21. The largest absolute Gasteiger partial charge is 0.352 e. The lowest BCUT2D eigenvalue weighted by molar-refractivity contribution is -0.117. The third-order valence-electron chi connectivity index (χ3n) is 5.42. The van der Waals surface area contributed by atoms with E-state index in [0.29, 0.717) is 25.5 Å². The second-order valence-corrected chi connectivity index (χ2v) is 7.55. The topological polar surface area (TPSA) is 74.6 Å². The molecule has 2 heterocycles. The summed E-state index contributed by atoms with van der Waals surface area (Å²) in [5.74, 6) is 1.88. The number of carbonyl (C=O) groups excluding carboxylic acids is 1. The summed E-state index contributed by atoms with van der Waals surface area (Å²) >= 11 is 0. The van der Waals surface area contributed by atoms with Gasteiger partial charge in [-0.05, 0) is 29.7 Å². The van der Waals surface area contributed by atoms with Crippen LogP contribution in [0.4, 0.5) is 5.69 Å². The van der Waals surface area contributed by atoms with Crippen molar-refractivity contribution >= 4 is 17.6 Å². The van der Waals surface area contributed by atoms with Crippen LogP contribution in [-0.4, -0.2) is 35.0 Å². The third kappa shape index (κ3) is 5.31. The van der Waals surface area contributed by atoms with E-state index in [2.05, 4.69) is 37.3 Å². The van der Waals surface area contributed by atoms with Crippen molar-refractivity contribution in [2.75, 3.05) is 18.5 Å². The molecule has 0 spiro atoms. The summed E-state index contributed by atoms with van der Waals surface area (Å²) in [6.07, 6.45) is 5.40. The lowest BCUT2D eigenvalue weighted by atomic mass is 10.2. The number of guanidine groups is 1. The number of nitrogens with one attached hydrogen (secondary N) is 2. The highest BCUT2D eigenvalue weighted by molar-refractivity contribution is 5.95. The molecule has 1 aliphatic rings. The van der Waals surface area contributed by atoms with E-state index in [1.54, 1.807) is 7.05 Å². The van der Waals surface area contributed by atoms with Gasteiger partial charge < -0.3 is 20.1 Å². The molecule has 1 saturated heterocycles. The van der Waals surface area contributed by atoms with Gasteiger partial charge in [-0.15, -0.1) is 0 Å². The number of carbonyl (C=O) groups is 1. The molecule has 0 atom stereocenters. The zero-order chi connectivity index (χ0) is 21.5. The predicted octanol–water partition coefficient (Wildman–Crippen LogP) is 2.92. The van der Waals surface area contributed by atoms with Crippen LogP contribution in [-0.2, 0) is 24.4 Å². The first-order chi connectivity index (χ1) is 15.2. The number of benzene rings is 2. The first-order valence-electron chi connectivity index (χ1n) is 10.6. The van der Waals surface area contributed by atoms with E-state index in [9.17, 15) is 4.79 Å². The van der Waals surface area contributed by atoms with Gasteiger partial charge in [0.25, 0.3) is 0 Å². The van der Waals surface area contributed by atoms with Crippen LogP contribution in [0.5, 0.6) is 0 Å². The summed E-state index contributed by atoms with van der Waals surface area (Å²) in [4.78, 5) is 22.5. The minimum absolute atomic E-state index is 0.209. The minimum atomic E-state index is 0.209. The summed E-state index contributed by atoms with van der Waals surface area (Å²) in [5, 5.41) is 6.67. The van der Waals surface area contributed by atoms with Crippen molar-refractivity contribution in [3.63, 3.8) is 0 Å². The molecule has 7 nitrogen and oxygen atoms in total. The zero-order valence-corrected chi connectivity index (χ0v) is 17.8. The van der Waals surface area contributed by atoms with Crippen molar-refractivity contribution < 1.29 is 4.79 Å². The fourth-order valence-corrected chi connectivity index (χ4v) is 3.72. The number of anilines is 1. The van der Waals surface area contributed by atoms with E-state index in [1.165, 1.54) is 5.56 Å². The Bertz CT molecular complexity index is 1030. The molecule has 1 fully saturated rings. The quantitative estimate of drug-likeness (QED) is 0.459. The monoisotopic (exact) mass is 416 g/mol. The van der Waals surface area contributed by atoms with Crippen LogP contribution in [0.15, 0.2) is 72.0 Å². The number of aromatic nitrogens is 2. The predicted molar refractivity (Wildman–Crippen MR) is 123 cm³/mol. The van der Waals surface area contributed by atoms with Gasteiger partial charge in [-0.1, -0.05) is 42.5 Å². The van der Waals surface area contributed by atoms with Crippen LogP contribution in [0.1, 0.15) is 29.8 Å². The minimum Gasteiger partial charge on any atom is -0.352 e. The van der Waals surface area contributed by atoms with Gasteiger partial charge in [0.15, 0.2) is 5.96 Å². The van der Waals surface area contributed by atoms with Gasteiger partial charge in [0, 0.05) is 51.2 Å². The molecule has 0 bridgehead atoms. The maximum atomic E-state index is 11.9. The molecule has 31 heavy (non-hydrogen) atoms. The lowest BCUT2D eigenvalue weighted by Crippen LogP contribution is -2.37. The second kappa shape index (κ2) is 9.93. The molecule has 1 aromatic heterocycles. The average Bonchev–Trinajstić information content (AvgIpc) is 3.43. The number of hydrogen-bond donors (Lipinski definition) is 2. The molecule has 2 aromatic carbocycles. The Hall–Kier alpha value is -3.61. The molecule has 3 aromatic rings. The number of aliphatic imine (C=N–C) groups is 1. The molecular formula is C24H28N6O. The Morgan fingerprint density at radius 1 is 1.03 bits per heavy atom. The van der Waals surface area contributed by atoms with E-state index in [-0.39, 0.29) is 5.91 Å². The molecule has 4 rings (SSSR count). The van der Waals surface area contributed by atoms with Gasteiger partial charge in [0.05, 0.1) is 6.54 Å². The van der Waals surface area contributed by atoms with Crippen molar-refractivity contribution in [3.8, 4) is 0 Å². The van der Waals surface area contributed by atoms with E-state index >= 15 is 0 Å². The Kier molecular flexibility index (Phi) is 6.62. The summed E-state index contributed by atoms with van der Waals surface area (Å²) in [6, 6.07) is 18.5.